The van der Waals surface area contributed by atoms with Gasteiger partial charge in [0.25, 0.3) is 0 Å². The third-order valence-electron chi connectivity index (χ3n) is 5.17. The van der Waals surface area contributed by atoms with Crippen LogP contribution in [0.25, 0.3) is 10.6 Å². The van der Waals surface area contributed by atoms with Gasteiger partial charge in [-0.15, -0.1) is 11.3 Å². The van der Waals surface area contributed by atoms with Crippen LogP contribution in [-0.2, 0) is 11.7 Å². The topological polar surface area (TPSA) is 63.0 Å². The quantitative estimate of drug-likeness (QED) is 0.559. The Balaban J connectivity index is 1.99. The van der Waals surface area contributed by atoms with Gasteiger partial charge in [0.1, 0.15) is 16.8 Å². The average Bonchev–Trinajstić information content (AvgIpc) is 3.26. The highest BCUT2D eigenvalue weighted by molar-refractivity contribution is 7.13. The molecule has 0 amide bonds. The number of halogens is 3. The van der Waals surface area contributed by atoms with E-state index >= 15 is 0 Å². The molecule has 2 N–H and O–H groups in total. The van der Waals surface area contributed by atoms with Crippen molar-refractivity contribution in [1.29, 1.82) is 0 Å². The zero-order valence-corrected chi connectivity index (χ0v) is 17.6. The zero-order chi connectivity index (χ0) is 21.6. The van der Waals surface area contributed by atoms with E-state index < -0.39 is 23.5 Å². The minimum absolute atomic E-state index is 0.286. The maximum absolute atomic E-state index is 13.2. The Morgan fingerprint density at radius 3 is 2.38 bits per heavy atom. The summed E-state index contributed by atoms with van der Waals surface area (Å²) in [6.07, 6.45) is -4.05. The molecule has 1 atom stereocenters. The third kappa shape index (κ3) is 4.02. The molecule has 0 fully saturated rings. The van der Waals surface area contributed by atoms with Crippen LogP contribution in [-0.4, -0.2) is 26.1 Å². The van der Waals surface area contributed by atoms with Crippen molar-refractivity contribution in [1.82, 2.24) is 14.8 Å². The lowest BCUT2D eigenvalue weighted by molar-refractivity contribution is -0.137. The predicted octanol–water partition coefficient (Wildman–Crippen LogP) is 5.12. The summed E-state index contributed by atoms with van der Waals surface area (Å²) in [5, 5.41) is 20.6. The molecule has 3 rings (SSSR count). The number of rotatable bonds is 5. The predicted molar refractivity (Wildman–Crippen MR) is 108 cm³/mol. The average molecular weight is 424 g/mol. The Labute approximate surface area is 171 Å². The fraction of sp³-hybridized carbons (Fsp3) is 0.400. The van der Waals surface area contributed by atoms with Crippen LogP contribution in [0.1, 0.15) is 36.4 Å². The van der Waals surface area contributed by atoms with E-state index in [1.807, 2.05) is 34.6 Å². The molecular weight excluding hydrogens is 401 g/mol. The van der Waals surface area contributed by atoms with Crippen molar-refractivity contribution >= 4 is 17.0 Å². The Kier molecular flexibility index (Phi) is 5.48. The van der Waals surface area contributed by atoms with E-state index in [4.69, 9.17) is 0 Å². The minimum Gasteiger partial charge on any atom is -0.371 e. The normalized spacial score (nSPS) is 13.6. The first-order chi connectivity index (χ1) is 13.4. The van der Waals surface area contributed by atoms with Crippen LogP contribution in [0.5, 0.6) is 0 Å². The zero-order valence-electron chi connectivity index (χ0n) is 16.8. The molecular formula is C20H23F3N4OS. The lowest BCUT2D eigenvalue weighted by atomic mass is 10.0. The number of hydrogen-bond acceptors (Lipinski definition) is 5. The van der Waals surface area contributed by atoms with Gasteiger partial charge in [-0.1, -0.05) is 0 Å². The molecule has 0 saturated heterocycles. The van der Waals surface area contributed by atoms with Crippen molar-refractivity contribution in [2.45, 2.75) is 52.6 Å². The number of nitrogens with one attached hydrogen (secondary N) is 1. The number of anilines is 1. The van der Waals surface area contributed by atoms with Crippen molar-refractivity contribution in [3.8, 4) is 10.6 Å². The number of aryl methyl sites for hydroxylation is 1. The van der Waals surface area contributed by atoms with E-state index in [0.29, 0.717) is 10.7 Å². The molecule has 0 bridgehead atoms. The summed E-state index contributed by atoms with van der Waals surface area (Å²) in [6.45, 7) is 9.40. The minimum atomic E-state index is -4.47. The molecule has 0 saturated carbocycles. The van der Waals surface area contributed by atoms with Gasteiger partial charge in [0.15, 0.2) is 0 Å². The maximum Gasteiger partial charge on any atom is 0.416 e. The molecule has 29 heavy (non-hydrogen) atoms. The Hall–Kier alpha value is -2.39. The molecule has 2 heterocycles. The largest absolute Gasteiger partial charge is 0.416 e. The molecule has 1 aromatic carbocycles. The maximum atomic E-state index is 13.2. The van der Waals surface area contributed by atoms with Crippen LogP contribution < -0.4 is 5.32 Å². The van der Waals surface area contributed by atoms with Gasteiger partial charge in [-0.2, -0.15) is 18.3 Å². The first-order valence-electron chi connectivity index (χ1n) is 9.02. The fourth-order valence-electron chi connectivity index (χ4n) is 3.10. The standard InChI is InChI=1S/C20H23F3N4OS/c1-11-12(2)26-27(13(11)3)19(4,5)18(28)25-16-7-6-14(20(21,22)23)10-15(16)17-24-8-9-29-17/h6-10,18,25,28H,1-5H3. The van der Waals surface area contributed by atoms with Crippen LogP contribution in [0.3, 0.4) is 0 Å². The lowest BCUT2D eigenvalue weighted by Gasteiger charge is -2.33. The van der Waals surface area contributed by atoms with E-state index in [-0.39, 0.29) is 5.56 Å². The van der Waals surface area contributed by atoms with E-state index in [9.17, 15) is 18.3 Å². The molecule has 0 spiro atoms. The third-order valence-corrected chi connectivity index (χ3v) is 5.98. The number of thiazole rings is 1. The number of aliphatic hydroxyl groups excluding tert-OH is 1. The van der Waals surface area contributed by atoms with Crippen LogP contribution in [0.15, 0.2) is 29.8 Å². The second kappa shape index (κ2) is 7.46. The number of hydrogen-bond donors (Lipinski definition) is 2. The Morgan fingerprint density at radius 1 is 1.17 bits per heavy atom. The van der Waals surface area contributed by atoms with Crippen LogP contribution in [0.2, 0.25) is 0 Å². The van der Waals surface area contributed by atoms with Crippen molar-refractivity contribution in [3.05, 3.63) is 52.3 Å². The summed E-state index contributed by atoms with van der Waals surface area (Å²) in [7, 11) is 0. The van der Waals surface area contributed by atoms with E-state index in [2.05, 4.69) is 15.4 Å². The highest BCUT2D eigenvalue weighted by Gasteiger charge is 2.35. The van der Waals surface area contributed by atoms with Gasteiger partial charge >= 0.3 is 6.18 Å². The smallest absolute Gasteiger partial charge is 0.371 e. The monoisotopic (exact) mass is 424 g/mol. The van der Waals surface area contributed by atoms with Crippen LogP contribution in [0.4, 0.5) is 18.9 Å². The number of nitrogens with zero attached hydrogens (tertiary/aromatic N) is 3. The molecule has 2 aromatic heterocycles. The van der Waals surface area contributed by atoms with Crippen LogP contribution in [0, 0.1) is 20.8 Å². The molecule has 0 radical (unpaired) electrons. The van der Waals surface area contributed by atoms with E-state index in [1.165, 1.54) is 23.6 Å². The summed E-state index contributed by atoms with van der Waals surface area (Å²) in [6, 6.07) is 3.37. The van der Waals surface area contributed by atoms with E-state index in [1.54, 1.807) is 10.1 Å². The molecule has 156 valence electrons. The molecule has 5 nitrogen and oxygen atoms in total. The molecule has 1 unspecified atom stereocenters. The van der Waals surface area contributed by atoms with Gasteiger partial charge in [-0.25, -0.2) is 4.98 Å². The molecule has 0 aliphatic carbocycles. The van der Waals surface area contributed by atoms with Gasteiger partial charge in [0.2, 0.25) is 0 Å². The second-order valence-electron chi connectivity index (χ2n) is 7.50. The second-order valence-corrected chi connectivity index (χ2v) is 8.40. The number of benzene rings is 1. The van der Waals surface area contributed by atoms with Crippen molar-refractivity contribution in [3.63, 3.8) is 0 Å². The Bertz CT molecular complexity index is 1010. The first kappa shape index (κ1) is 21.3. The number of aliphatic hydroxyl groups is 1. The van der Waals surface area contributed by atoms with Gasteiger partial charge in [0, 0.05) is 28.5 Å². The summed E-state index contributed by atoms with van der Waals surface area (Å²) >= 11 is 1.23. The molecule has 9 heteroatoms. The van der Waals surface area contributed by atoms with Crippen molar-refractivity contribution in [2.24, 2.45) is 0 Å². The lowest BCUT2D eigenvalue weighted by Crippen LogP contribution is -2.45. The molecule has 0 aliphatic heterocycles. The van der Waals surface area contributed by atoms with E-state index in [0.717, 1.165) is 29.1 Å². The number of alkyl halides is 3. The van der Waals surface area contributed by atoms with Gasteiger partial charge in [0.05, 0.1) is 11.3 Å². The summed E-state index contributed by atoms with van der Waals surface area (Å²) in [4.78, 5) is 4.14. The molecule has 3 aromatic rings. The summed E-state index contributed by atoms with van der Waals surface area (Å²) in [5.74, 6) is 0. The van der Waals surface area contributed by atoms with Gasteiger partial charge in [-0.3, -0.25) is 4.68 Å². The van der Waals surface area contributed by atoms with Gasteiger partial charge < -0.3 is 10.4 Å². The SMILES string of the molecule is Cc1nn(C(C)(C)C(O)Nc2ccc(C(F)(F)F)cc2-c2nccs2)c(C)c1C. The Morgan fingerprint density at radius 2 is 1.86 bits per heavy atom. The van der Waals surface area contributed by atoms with Crippen molar-refractivity contribution in [2.75, 3.05) is 5.32 Å². The fourth-order valence-corrected chi connectivity index (χ4v) is 3.77. The first-order valence-corrected chi connectivity index (χ1v) is 9.90. The van der Waals surface area contributed by atoms with Gasteiger partial charge in [-0.05, 0) is 58.4 Å². The summed E-state index contributed by atoms with van der Waals surface area (Å²) in [5.41, 5.74) is 1.84. The van der Waals surface area contributed by atoms with Crippen LogP contribution >= 0.6 is 11.3 Å². The summed E-state index contributed by atoms with van der Waals surface area (Å²) < 4.78 is 41.3. The number of aromatic nitrogens is 3. The highest BCUT2D eigenvalue weighted by Crippen LogP contribution is 2.38. The van der Waals surface area contributed by atoms with Crippen molar-refractivity contribution < 1.29 is 18.3 Å². The highest BCUT2D eigenvalue weighted by atomic mass is 32.1. The molecule has 0 aliphatic rings.